The molecule has 3 rings (SSSR count). The van der Waals surface area contributed by atoms with Gasteiger partial charge in [-0.25, -0.2) is 8.42 Å². The molecule has 1 N–H and O–H groups in total. The van der Waals surface area contributed by atoms with E-state index < -0.39 is 10.0 Å². The molecule has 2 aromatic rings. The molecule has 1 aliphatic heterocycles. The van der Waals surface area contributed by atoms with E-state index in [0.717, 1.165) is 12.0 Å². The highest BCUT2D eigenvalue weighted by Gasteiger charge is 2.33. The second-order valence-corrected chi connectivity index (χ2v) is 9.37. The van der Waals surface area contributed by atoms with Gasteiger partial charge in [-0.3, -0.25) is 4.79 Å². The van der Waals surface area contributed by atoms with Crippen molar-refractivity contribution in [2.24, 2.45) is 5.92 Å². The van der Waals surface area contributed by atoms with Gasteiger partial charge < -0.3 is 10.1 Å². The van der Waals surface area contributed by atoms with Gasteiger partial charge >= 0.3 is 0 Å². The Hall–Kier alpha value is -2.09. The lowest BCUT2D eigenvalue weighted by Gasteiger charge is -2.31. The third kappa shape index (κ3) is 5.29. The summed E-state index contributed by atoms with van der Waals surface area (Å²) in [5.74, 6) is -0.0449. The van der Waals surface area contributed by atoms with Crippen LogP contribution in [-0.2, 0) is 21.2 Å². The number of rotatable bonds is 7. The van der Waals surface area contributed by atoms with Crippen molar-refractivity contribution < 1.29 is 17.9 Å². The van der Waals surface area contributed by atoms with Crippen molar-refractivity contribution in [3.05, 3.63) is 59.1 Å². The first-order chi connectivity index (χ1) is 13.9. The minimum atomic E-state index is -3.73. The molecular weight excluding hydrogens is 412 g/mol. The minimum Gasteiger partial charge on any atom is -0.495 e. The summed E-state index contributed by atoms with van der Waals surface area (Å²) in [5.41, 5.74) is 1.15. The van der Waals surface area contributed by atoms with Gasteiger partial charge in [0.2, 0.25) is 15.9 Å². The lowest BCUT2D eigenvalue weighted by Crippen LogP contribution is -2.45. The van der Waals surface area contributed by atoms with E-state index in [9.17, 15) is 13.2 Å². The average Bonchev–Trinajstić information content (AvgIpc) is 2.74. The molecule has 0 radical (unpaired) electrons. The van der Waals surface area contributed by atoms with E-state index >= 15 is 0 Å². The molecule has 0 bridgehead atoms. The topological polar surface area (TPSA) is 75.7 Å². The van der Waals surface area contributed by atoms with Crippen LogP contribution in [0.3, 0.4) is 0 Å². The van der Waals surface area contributed by atoms with Crippen molar-refractivity contribution in [2.45, 2.75) is 24.2 Å². The molecule has 1 atom stereocenters. The Bertz CT molecular complexity index is 950. The number of benzene rings is 2. The van der Waals surface area contributed by atoms with Crippen molar-refractivity contribution in [2.75, 3.05) is 26.7 Å². The van der Waals surface area contributed by atoms with Crippen molar-refractivity contribution in [1.82, 2.24) is 9.62 Å². The Kier molecular flexibility index (Phi) is 7.16. The van der Waals surface area contributed by atoms with Crippen LogP contribution in [0.5, 0.6) is 5.75 Å². The highest BCUT2D eigenvalue weighted by molar-refractivity contribution is 7.89. The summed E-state index contributed by atoms with van der Waals surface area (Å²) >= 11 is 6.09. The number of nitrogens with zero attached hydrogens (tertiary/aromatic N) is 1. The first-order valence-electron chi connectivity index (χ1n) is 9.57. The second-order valence-electron chi connectivity index (χ2n) is 7.03. The molecule has 6 nitrogen and oxygen atoms in total. The predicted octanol–water partition coefficient (Wildman–Crippen LogP) is 3.11. The second kappa shape index (κ2) is 9.61. The van der Waals surface area contributed by atoms with E-state index in [1.165, 1.54) is 29.6 Å². The SMILES string of the molecule is COc1ccc(S(=O)(=O)N2CCC[C@@H](C(=O)NCCc3ccccc3)C2)cc1Cl. The van der Waals surface area contributed by atoms with Crippen molar-refractivity contribution in [3.63, 3.8) is 0 Å². The van der Waals surface area contributed by atoms with Crippen molar-refractivity contribution in [3.8, 4) is 5.75 Å². The van der Waals surface area contributed by atoms with E-state index in [1.807, 2.05) is 30.3 Å². The van der Waals surface area contributed by atoms with Crippen molar-refractivity contribution in [1.29, 1.82) is 0 Å². The summed E-state index contributed by atoms with van der Waals surface area (Å²) in [6.45, 7) is 1.09. The zero-order chi connectivity index (χ0) is 20.9. The summed E-state index contributed by atoms with van der Waals surface area (Å²) in [5, 5.41) is 3.18. The molecule has 0 spiro atoms. The third-order valence-corrected chi connectivity index (χ3v) is 7.23. The Morgan fingerprint density at radius 3 is 2.69 bits per heavy atom. The molecule has 2 aromatic carbocycles. The number of ether oxygens (including phenoxy) is 1. The Morgan fingerprint density at radius 1 is 1.24 bits per heavy atom. The van der Waals surface area contributed by atoms with Gasteiger partial charge in [0.05, 0.1) is 22.9 Å². The number of nitrogens with one attached hydrogen (secondary N) is 1. The van der Waals surface area contributed by atoms with Gasteiger partial charge in [-0.05, 0) is 43.0 Å². The maximum Gasteiger partial charge on any atom is 0.243 e. The quantitative estimate of drug-likeness (QED) is 0.723. The summed E-state index contributed by atoms with van der Waals surface area (Å²) < 4.78 is 32.5. The number of carbonyl (C=O) groups excluding carboxylic acids is 1. The van der Waals surface area contributed by atoms with Crippen LogP contribution in [0.2, 0.25) is 5.02 Å². The fourth-order valence-electron chi connectivity index (χ4n) is 3.45. The number of sulfonamides is 1. The zero-order valence-corrected chi connectivity index (χ0v) is 17.9. The largest absolute Gasteiger partial charge is 0.495 e. The average molecular weight is 437 g/mol. The normalized spacial score (nSPS) is 17.7. The first-order valence-corrected chi connectivity index (χ1v) is 11.4. The predicted molar refractivity (Wildman–Crippen MR) is 113 cm³/mol. The number of piperidine rings is 1. The van der Waals surface area contributed by atoms with Gasteiger partial charge in [-0.1, -0.05) is 41.9 Å². The smallest absolute Gasteiger partial charge is 0.243 e. The van der Waals surface area contributed by atoms with Gasteiger partial charge in [0.1, 0.15) is 5.75 Å². The van der Waals surface area contributed by atoms with E-state index in [0.29, 0.717) is 31.7 Å². The molecule has 1 heterocycles. The zero-order valence-electron chi connectivity index (χ0n) is 16.3. The van der Waals surface area contributed by atoms with Gasteiger partial charge in [0, 0.05) is 19.6 Å². The summed E-state index contributed by atoms with van der Waals surface area (Å²) in [6, 6.07) is 14.3. The number of methoxy groups -OCH3 is 1. The van der Waals surface area contributed by atoms with E-state index in [4.69, 9.17) is 16.3 Å². The van der Waals surface area contributed by atoms with Gasteiger partial charge in [0.25, 0.3) is 0 Å². The molecule has 29 heavy (non-hydrogen) atoms. The number of hydrogen-bond donors (Lipinski definition) is 1. The van der Waals surface area contributed by atoms with Crippen LogP contribution in [0.4, 0.5) is 0 Å². The number of halogens is 1. The Labute approximate surface area is 176 Å². The summed E-state index contributed by atoms with van der Waals surface area (Å²) in [7, 11) is -2.25. The van der Waals surface area contributed by atoms with E-state index in [1.54, 1.807) is 0 Å². The van der Waals surface area contributed by atoms with Crippen LogP contribution in [-0.4, -0.2) is 45.4 Å². The molecule has 0 unspecified atom stereocenters. The van der Waals surface area contributed by atoms with Gasteiger partial charge in [-0.2, -0.15) is 4.31 Å². The van der Waals surface area contributed by atoms with Crippen LogP contribution in [0.25, 0.3) is 0 Å². The molecule has 1 fully saturated rings. The van der Waals surface area contributed by atoms with Crippen LogP contribution < -0.4 is 10.1 Å². The summed E-state index contributed by atoms with van der Waals surface area (Å²) in [6.07, 6.45) is 2.05. The van der Waals surface area contributed by atoms with Gasteiger partial charge in [0.15, 0.2) is 0 Å². The molecule has 1 aliphatic rings. The highest BCUT2D eigenvalue weighted by Crippen LogP contribution is 2.30. The lowest BCUT2D eigenvalue weighted by molar-refractivity contribution is -0.126. The minimum absolute atomic E-state index is 0.103. The Balaban J connectivity index is 1.61. The van der Waals surface area contributed by atoms with Crippen LogP contribution in [0.1, 0.15) is 18.4 Å². The lowest BCUT2D eigenvalue weighted by atomic mass is 9.99. The summed E-state index contributed by atoms with van der Waals surface area (Å²) in [4.78, 5) is 12.7. The highest BCUT2D eigenvalue weighted by atomic mass is 35.5. The molecular formula is C21H25ClN2O4S. The molecule has 1 saturated heterocycles. The maximum absolute atomic E-state index is 13.0. The van der Waals surface area contributed by atoms with E-state index in [2.05, 4.69) is 5.32 Å². The number of hydrogen-bond acceptors (Lipinski definition) is 4. The fourth-order valence-corrected chi connectivity index (χ4v) is 5.32. The fraction of sp³-hybridized carbons (Fsp3) is 0.381. The third-order valence-electron chi connectivity index (χ3n) is 5.07. The standard InChI is InChI=1S/C21H25ClN2O4S/c1-28-20-10-9-18(14-19(20)22)29(26,27)24-13-5-8-17(15-24)21(25)23-12-11-16-6-3-2-4-7-16/h2-4,6-7,9-10,14,17H,5,8,11-13,15H2,1H3,(H,23,25)/t17-/m1/s1. The number of amides is 1. The van der Waals surface area contributed by atoms with Crippen LogP contribution >= 0.6 is 11.6 Å². The number of carbonyl (C=O) groups is 1. The molecule has 156 valence electrons. The molecule has 0 aromatic heterocycles. The Morgan fingerprint density at radius 2 is 2.00 bits per heavy atom. The van der Waals surface area contributed by atoms with Crippen molar-refractivity contribution >= 4 is 27.5 Å². The maximum atomic E-state index is 13.0. The van der Waals surface area contributed by atoms with Crippen LogP contribution in [0.15, 0.2) is 53.4 Å². The van der Waals surface area contributed by atoms with E-state index in [-0.39, 0.29) is 28.3 Å². The van der Waals surface area contributed by atoms with Gasteiger partial charge in [-0.15, -0.1) is 0 Å². The first kappa shape index (κ1) is 21.6. The molecule has 0 saturated carbocycles. The molecule has 0 aliphatic carbocycles. The molecule has 8 heteroatoms. The monoisotopic (exact) mass is 436 g/mol. The molecule has 1 amide bonds. The van der Waals surface area contributed by atoms with Crippen LogP contribution in [0, 0.1) is 5.92 Å².